The standard InChI is InChI=1S/C28H25Cl2NO3/c1-3-18-4-6-19(7-5-18)13-25-27(32)26-17(2)12-24-22(28(26)34-25)15-31(16-33-24)11-10-20-8-9-21(29)14-23(20)30/h4-9,12-14H,3,10-11,15-16H2,1-2H3/b25-13+. The summed E-state index contributed by atoms with van der Waals surface area (Å²) in [7, 11) is 0. The molecule has 6 heteroatoms. The molecular weight excluding hydrogens is 469 g/mol. The van der Waals surface area contributed by atoms with E-state index in [0.29, 0.717) is 40.4 Å². The van der Waals surface area contributed by atoms with Crippen LogP contribution < -0.4 is 9.47 Å². The molecule has 0 amide bonds. The molecule has 0 aromatic heterocycles. The Morgan fingerprint density at radius 2 is 1.88 bits per heavy atom. The first-order chi connectivity index (χ1) is 16.4. The Morgan fingerprint density at radius 3 is 2.62 bits per heavy atom. The molecule has 4 nitrogen and oxygen atoms in total. The summed E-state index contributed by atoms with van der Waals surface area (Å²) < 4.78 is 12.2. The van der Waals surface area contributed by atoms with Crippen molar-refractivity contribution in [2.45, 2.75) is 33.2 Å². The number of Topliss-reactive ketones (excluding diaryl/α,β-unsaturated/α-hetero) is 1. The van der Waals surface area contributed by atoms with Crippen molar-refractivity contribution in [2.24, 2.45) is 0 Å². The number of allylic oxidation sites excluding steroid dienone is 1. The highest BCUT2D eigenvalue weighted by atomic mass is 35.5. The highest BCUT2D eigenvalue weighted by Crippen LogP contribution is 2.44. The lowest BCUT2D eigenvalue weighted by molar-refractivity contribution is 0.0949. The number of ketones is 1. The van der Waals surface area contributed by atoms with Crippen LogP contribution in [0.15, 0.2) is 54.3 Å². The molecule has 34 heavy (non-hydrogen) atoms. The van der Waals surface area contributed by atoms with Crippen molar-refractivity contribution in [3.8, 4) is 11.5 Å². The minimum absolute atomic E-state index is 0.0834. The van der Waals surface area contributed by atoms with Gasteiger partial charge in [-0.2, -0.15) is 0 Å². The first-order valence-electron chi connectivity index (χ1n) is 11.4. The Labute approximate surface area is 209 Å². The summed E-state index contributed by atoms with van der Waals surface area (Å²) in [5.74, 6) is 1.66. The Bertz CT molecular complexity index is 1300. The summed E-state index contributed by atoms with van der Waals surface area (Å²) in [5.41, 5.74) is 5.64. The zero-order chi connectivity index (χ0) is 23.8. The van der Waals surface area contributed by atoms with E-state index in [0.717, 1.165) is 47.4 Å². The SMILES string of the molecule is CCc1ccc(/C=C2/Oc3c4c(cc(C)c3C2=O)OCN(CCc2ccc(Cl)cc2Cl)C4)cc1. The maximum absolute atomic E-state index is 13.2. The van der Waals surface area contributed by atoms with E-state index < -0.39 is 0 Å². The quantitative estimate of drug-likeness (QED) is 0.363. The minimum atomic E-state index is -0.0834. The summed E-state index contributed by atoms with van der Waals surface area (Å²) >= 11 is 12.4. The van der Waals surface area contributed by atoms with E-state index in [9.17, 15) is 4.79 Å². The number of fused-ring (bicyclic) bond motifs is 3. The number of hydrogen-bond donors (Lipinski definition) is 0. The van der Waals surface area contributed by atoms with Crippen LogP contribution in [0.1, 0.15) is 45.1 Å². The van der Waals surface area contributed by atoms with Crippen molar-refractivity contribution in [3.05, 3.63) is 97.7 Å². The molecule has 174 valence electrons. The topological polar surface area (TPSA) is 38.8 Å². The summed E-state index contributed by atoms with van der Waals surface area (Å²) in [6, 6.07) is 15.7. The van der Waals surface area contributed by atoms with Crippen molar-refractivity contribution in [1.29, 1.82) is 0 Å². The predicted octanol–water partition coefficient (Wildman–Crippen LogP) is 6.88. The van der Waals surface area contributed by atoms with Crippen molar-refractivity contribution in [2.75, 3.05) is 13.3 Å². The first-order valence-corrected chi connectivity index (χ1v) is 12.2. The van der Waals surface area contributed by atoms with Crippen LogP contribution in [0, 0.1) is 6.92 Å². The third kappa shape index (κ3) is 4.46. The predicted molar refractivity (Wildman–Crippen MR) is 136 cm³/mol. The van der Waals surface area contributed by atoms with Gasteiger partial charge in [-0.15, -0.1) is 0 Å². The average molecular weight is 494 g/mol. The monoisotopic (exact) mass is 493 g/mol. The van der Waals surface area contributed by atoms with E-state index in [4.69, 9.17) is 32.7 Å². The van der Waals surface area contributed by atoms with Crippen LogP contribution in [-0.4, -0.2) is 24.0 Å². The molecule has 0 atom stereocenters. The molecule has 3 aromatic rings. The molecule has 0 aliphatic carbocycles. The van der Waals surface area contributed by atoms with E-state index in [1.54, 1.807) is 6.07 Å². The highest BCUT2D eigenvalue weighted by Gasteiger charge is 2.35. The van der Waals surface area contributed by atoms with Gasteiger partial charge in [0.25, 0.3) is 0 Å². The largest absolute Gasteiger partial charge is 0.478 e. The van der Waals surface area contributed by atoms with Crippen LogP contribution >= 0.6 is 23.2 Å². The molecule has 2 aliphatic rings. The molecule has 0 fully saturated rings. The number of ether oxygens (including phenoxy) is 2. The smallest absolute Gasteiger partial charge is 0.232 e. The fourth-order valence-electron chi connectivity index (χ4n) is 4.42. The maximum atomic E-state index is 13.2. The Kier molecular flexibility index (Phi) is 6.39. The molecule has 2 heterocycles. The maximum Gasteiger partial charge on any atom is 0.232 e. The molecule has 5 rings (SSSR count). The van der Waals surface area contributed by atoms with Crippen molar-refractivity contribution < 1.29 is 14.3 Å². The van der Waals surface area contributed by atoms with E-state index >= 15 is 0 Å². The third-order valence-electron chi connectivity index (χ3n) is 6.39. The molecule has 0 saturated carbocycles. The van der Waals surface area contributed by atoms with E-state index in [1.807, 2.05) is 43.3 Å². The van der Waals surface area contributed by atoms with Gasteiger partial charge in [0.15, 0.2) is 5.76 Å². The van der Waals surface area contributed by atoms with Crippen LogP contribution in [0.25, 0.3) is 6.08 Å². The van der Waals surface area contributed by atoms with Gasteiger partial charge < -0.3 is 9.47 Å². The second-order valence-electron chi connectivity index (χ2n) is 8.72. The molecule has 3 aromatic carbocycles. The van der Waals surface area contributed by atoms with Crippen molar-refractivity contribution in [3.63, 3.8) is 0 Å². The first kappa shape index (κ1) is 23.0. The van der Waals surface area contributed by atoms with Gasteiger partial charge in [0.1, 0.15) is 18.2 Å². The van der Waals surface area contributed by atoms with E-state index in [1.165, 1.54) is 5.56 Å². The van der Waals surface area contributed by atoms with Gasteiger partial charge in [-0.1, -0.05) is 60.5 Å². The zero-order valence-corrected chi connectivity index (χ0v) is 20.7. The van der Waals surface area contributed by atoms with Gasteiger partial charge in [0.05, 0.1) is 11.1 Å². The van der Waals surface area contributed by atoms with Crippen LogP contribution in [0.2, 0.25) is 10.0 Å². The number of halogens is 2. The normalized spacial score (nSPS) is 16.2. The molecule has 0 N–H and O–H groups in total. The zero-order valence-electron chi connectivity index (χ0n) is 19.2. The Hall–Kier alpha value is -2.79. The molecule has 0 spiro atoms. The third-order valence-corrected chi connectivity index (χ3v) is 6.97. The lowest BCUT2D eigenvalue weighted by Gasteiger charge is -2.30. The Balaban J connectivity index is 1.38. The van der Waals surface area contributed by atoms with Gasteiger partial charge in [0, 0.05) is 23.1 Å². The molecule has 0 saturated heterocycles. The lowest BCUT2D eigenvalue weighted by atomic mass is 9.98. The number of aryl methyl sites for hydroxylation is 2. The number of carbonyl (C=O) groups excluding carboxylic acids is 1. The van der Waals surface area contributed by atoms with Gasteiger partial charge in [-0.05, 0) is 66.3 Å². The van der Waals surface area contributed by atoms with E-state index in [2.05, 4.69) is 24.0 Å². The van der Waals surface area contributed by atoms with Gasteiger partial charge >= 0.3 is 0 Å². The van der Waals surface area contributed by atoms with Crippen molar-refractivity contribution in [1.82, 2.24) is 4.90 Å². The number of rotatable bonds is 5. The number of nitrogens with zero attached hydrogens (tertiary/aromatic N) is 1. The Morgan fingerprint density at radius 1 is 1.09 bits per heavy atom. The van der Waals surface area contributed by atoms with Gasteiger partial charge in [-0.25, -0.2) is 0 Å². The molecule has 0 bridgehead atoms. The molecular formula is C28H25Cl2NO3. The van der Waals surface area contributed by atoms with Crippen molar-refractivity contribution >= 4 is 35.1 Å². The van der Waals surface area contributed by atoms with Gasteiger partial charge in [0.2, 0.25) is 5.78 Å². The van der Waals surface area contributed by atoms with E-state index in [-0.39, 0.29) is 5.78 Å². The average Bonchev–Trinajstić information content (AvgIpc) is 3.16. The molecule has 0 unspecified atom stereocenters. The fourth-order valence-corrected chi connectivity index (χ4v) is 4.93. The number of carbonyl (C=O) groups is 1. The number of benzene rings is 3. The minimum Gasteiger partial charge on any atom is -0.478 e. The van der Waals surface area contributed by atoms with Crippen LogP contribution in [0.4, 0.5) is 0 Å². The molecule has 2 aliphatic heterocycles. The summed E-state index contributed by atoms with van der Waals surface area (Å²) in [5, 5.41) is 1.29. The summed E-state index contributed by atoms with van der Waals surface area (Å²) in [4.78, 5) is 15.4. The number of hydrogen-bond acceptors (Lipinski definition) is 4. The van der Waals surface area contributed by atoms with Crippen LogP contribution in [-0.2, 0) is 19.4 Å². The summed E-state index contributed by atoms with van der Waals surface area (Å²) in [6.07, 6.45) is 3.56. The second kappa shape index (κ2) is 9.46. The van der Waals surface area contributed by atoms with Gasteiger partial charge in [-0.3, -0.25) is 9.69 Å². The molecule has 0 radical (unpaired) electrons. The second-order valence-corrected chi connectivity index (χ2v) is 9.56. The van der Waals surface area contributed by atoms with Crippen LogP contribution in [0.3, 0.4) is 0 Å². The van der Waals surface area contributed by atoms with Crippen LogP contribution in [0.5, 0.6) is 11.5 Å². The lowest BCUT2D eigenvalue weighted by Crippen LogP contribution is -2.34. The fraction of sp³-hybridized carbons (Fsp3) is 0.250. The summed E-state index contributed by atoms with van der Waals surface area (Å²) in [6.45, 7) is 5.91. The highest BCUT2D eigenvalue weighted by molar-refractivity contribution is 6.35.